The summed E-state index contributed by atoms with van der Waals surface area (Å²) in [6, 6.07) is 4.04. The fourth-order valence-electron chi connectivity index (χ4n) is 1.95. The van der Waals surface area contributed by atoms with Gasteiger partial charge in [0.2, 0.25) is 0 Å². The normalized spacial score (nSPS) is 19.2. The van der Waals surface area contributed by atoms with E-state index in [0.717, 1.165) is 19.6 Å². The van der Waals surface area contributed by atoms with Crippen LogP contribution in [0.25, 0.3) is 0 Å². The monoisotopic (exact) mass is 286 g/mol. The van der Waals surface area contributed by atoms with Gasteiger partial charge in [0.1, 0.15) is 5.82 Å². The maximum absolute atomic E-state index is 13.1. The number of carbonyl (C=O) groups excluding carboxylic acids is 1. The highest BCUT2D eigenvalue weighted by Crippen LogP contribution is 2.14. The molecule has 1 fully saturated rings. The Bertz CT molecular complexity index is 430. The molecule has 1 aromatic carbocycles. The maximum Gasteiger partial charge on any atom is 0.251 e. The molecule has 1 saturated heterocycles. The first-order chi connectivity index (χ1) is 9.15. The molecule has 104 valence electrons. The summed E-state index contributed by atoms with van der Waals surface area (Å²) < 4.78 is 18.4. The Morgan fingerprint density at radius 3 is 3.05 bits per heavy atom. The van der Waals surface area contributed by atoms with Crippen molar-refractivity contribution in [3.8, 4) is 0 Å². The summed E-state index contributed by atoms with van der Waals surface area (Å²) >= 11 is 5.70. The number of carbonyl (C=O) groups is 1. The van der Waals surface area contributed by atoms with E-state index in [9.17, 15) is 9.18 Å². The van der Waals surface area contributed by atoms with Gasteiger partial charge in [-0.25, -0.2) is 4.39 Å². The van der Waals surface area contributed by atoms with Gasteiger partial charge >= 0.3 is 0 Å². The first-order valence-corrected chi connectivity index (χ1v) is 6.58. The van der Waals surface area contributed by atoms with E-state index in [-0.39, 0.29) is 22.5 Å². The maximum atomic E-state index is 13.1. The number of hydrogen-bond donors (Lipinski definition) is 2. The molecular weight excluding hydrogens is 271 g/mol. The smallest absolute Gasteiger partial charge is 0.251 e. The molecule has 1 amide bonds. The van der Waals surface area contributed by atoms with Gasteiger partial charge in [-0.05, 0) is 24.6 Å². The fraction of sp³-hybridized carbons (Fsp3) is 0.462. The van der Waals surface area contributed by atoms with Crippen molar-refractivity contribution in [1.29, 1.82) is 0 Å². The van der Waals surface area contributed by atoms with Gasteiger partial charge in [0.15, 0.2) is 0 Å². The predicted molar refractivity (Wildman–Crippen MR) is 71.0 cm³/mol. The van der Waals surface area contributed by atoms with Crippen LogP contribution in [0.2, 0.25) is 5.02 Å². The molecule has 1 aliphatic heterocycles. The summed E-state index contributed by atoms with van der Waals surface area (Å²) in [6.07, 6.45) is 0.773. The molecule has 2 N–H and O–H groups in total. The minimum Gasteiger partial charge on any atom is -0.379 e. The second-order valence-corrected chi connectivity index (χ2v) is 4.87. The number of halogens is 2. The molecule has 0 spiro atoms. The van der Waals surface area contributed by atoms with Gasteiger partial charge < -0.3 is 15.4 Å². The van der Waals surface area contributed by atoms with E-state index in [4.69, 9.17) is 16.3 Å². The molecule has 0 radical (unpaired) electrons. The Balaban J connectivity index is 1.80. The number of amides is 1. The fourth-order valence-corrected chi connectivity index (χ4v) is 2.17. The molecule has 19 heavy (non-hydrogen) atoms. The van der Waals surface area contributed by atoms with Crippen LogP contribution in [-0.2, 0) is 4.74 Å². The summed E-state index contributed by atoms with van der Waals surface area (Å²) in [5, 5.41) is 6.25. The average molecular weight is 287 g/mol. The third kappa shape index (κ3) is 4.45. The lowest BCUT2D eigenvalue weighted by Gasteiger charge is -2.23. The van der Waals surface area contributed by atoms with Crippen LogP contribution in [0.3, 0.4) is 0 Å². The predicted octanol–water partition coefficient (Wildman–Crippen LogP) is 1.59. The SMILES string of the molecule is O=C(NCCC1COCCN1)c1cc(F)cc(Cl)c1. The Kier molecular flexibility index (Phi) is 5.13. The van der Waals surface area contributed by atoms with Crippen molar-refractivity contribution in [2.24, 2.45) is 0 Å². The second-order valence-electron chi connectivity index (χ2n) is 4.43. The lowest BCUT2D eigenvalue weighted by Crippen LogP contribution is -2.43. The van der Waals surface area contributed by atoms with Gasteiger partial charge in [-0.3, -0.25) is 4.79 Å². The molecule has 1 aromatic rings. The first kappa shape index (κ1) is 14.2. The van der Waals surface area contributed by atoms with E-state index in [2.05, 4.69) is 10.6 Å². The second kappa shape index (κ2) is 6.84. The van der Waals surface area contributed by atoms with Crippen molar-refractivity contribution < 1.29 is 13.9 Å². The molecule has 0 aliphatic carbocycles. The number of ether oxygens (including phenoxy) is 1. The number of rotatable bonds is 4. The van der Waals surface area contributed by atoms with Crippen molar-refractivity contribution in [2.75, 3.05) is 26.3 Å². The van der Waals surface area contributed by atoms with E-state index >= 15 is 0 Å². The Morgan fingerprint density at radius 1 is 1.53 bits per heavy atom. The van der Waals surface area contributed by atoms with Crippen LogP contribution in [-0.4, -0.2) is 38.3 Å². The van der Waals surface area contributed by atoms with Crippen LogP contribution in [0.5, 0.6) is 0 Å². The molecule has 1 unspecified atom stereocenters. The van der Waals surface area contributed by atoms with E-state index < -0.39 is 5.82 Å². The number of nitrogens with one attached hydrogen (secondary N) is 2. The van der Waals surface area contributed by atoms with Crippen molar-refractivity contribution >= 4 is 17.5 Å². The third-order valence-corrected chi connectivity index (χ3v) is 3.12. The molecule has 6 heteroatoms. The summed E-state index contributed by atoms with van der Waals surface area (Å²) in [5.74, 6) is -0.835. The number of benzene rings is 1. The summed E-state index contributed by atoms with van der Waals surface area (Å²) in [6.45, 7) is 2.72. The highest BCUT2D eigenvalue weighted by molar-refractivity contribution is 6.31. The molecule has 0 aromatic heterocycles. The van der Waals surface area contributed by atoms with Crippen LogP contribution in [0.15, 0.2) is 18.2 Å². The lowest BCUT2D eigenvalue weighted by molar-refractivity contribution is 0.0733. The van der Waals surface area contributed by atoms with Crippen LogP contribution in [0.4, 0.5) is 4.39 Å². The zero-order chi connectivity index (χ0) is 13.7. The van der Waals surface area contributed by atoms with Crippen LogP contribution >= 0.6 is 11.6 Å². The zero-order valence-corrected chi connectivity index (χ0v) is 11.2. The van der Waals surface area contributed by atoms with E-state index in [1.54, 1.807) is 0 Å². The Morgan fingerprint density at radius 2 is 2.37 bits per heavy atom. The van der Waals surface area contributed by atoms with Gasteiger partial charge in [0, 0.05) is 29.7 Å². The van der Waals surface area contributed by atoms with E-state index in [1.807, 2.05) is 0 Å². The number of morpholine rings is 1. The molecule has 0 bridgehead atoms. The highest BCUT2D eigenvalue weighted by Gasteiger charge is 2.13. The standard InChI is InChI=1S/C13H16ClFN2O2/c14-10-5-9(6-11(15)7-10)13(18)17-2-1-12-8-19-4-3-16-12/h5-7,12,16H,1-4,8H2,(H,17,18). The highest BCUT2D eigenvalue weighted by atomic mass is 35.5. The van der Waals surface area contributed by atoms with Crippen molar-refractivity contribution in [3.05, 3.63) is 34.6 Å². The van der Waals surface area contributed by atoms with Gasteiger partial charge in [-0.2, -0.15) is 0 Å². The van der Waals surface area contributed by atoms with Gasteiger partial charge in [-0.15, -0.1) is 0 Å². The van der Waals surface area contributed by atoms with Crippen molar-refractivity contribution in [1.82, 2.24) is 10.6 Å². The van der Waals surface area contributed by atoms with E-state index in [1.165, 1.54) is 18.2 Å². The molecule has 1 aliphatic rings. The lowest BCUT2D eigenvalue weighted by atomic mass is 10.2. The summed E-state index contributed by atoms with van der Waals surface area (Å²) in [5.41, 5.74) is 0.234. The molecule has 2 rings (SSSR count). The third-order valence-electron chi connectivity index (χ3n) is 2.90. The van der Waals surface area contributed by atoms with Crippen LogP contribution in [0, 0.1) is 5.82 Å². The summed E-state index contributed by atoms with van der Waals surface area (Å²) in [4.78, 5) is 11.8. The first-order valence-electron chi connectivity index (χ1n) is 6.20. The van der Waals surface area contributed by atoms with Gasteiger partial charge in [0.25, 0.3) is 5.91 Å². The quantitative estimate of drug-likeness (QED) is 0.884. The van der Waals surface area contributed by atoms with Gasteiger partial charge in [0.05, 0.1) is 13.2 Å². The molecular formula is C13H16ClFN2O2. The van der Waals surface area contributed by atoms with Gasteiger partial charge in [-0.1, -0.05) is 11.6 Å². The van der Waals surface area contributed by atoms with Crippen molar-refractivity contribution in [3.63, 3.8) is 0 Å². The average Bonchev–Trinajstić information content (AvgIpc) is 2.38. The van der Waals surface area contributed by atoms with E-state index in [0.29, 0.717) is 13.2 Å². The zero-order valence-electron chi connectivity index (χ0n) is 10.4. The molecule has 1 atom stereocenters. The van der Waals surface area contributed by atoms with Crippen molar-refractivity contribution in [2.45, 2.75) is 12.5 Å². The van der Waals surface area contributed by atoms with Crippen LogP contribution < -0.4 is 10.6 Å². The molecule has 1 heterocycles. The minimum absolute atomic E-state index is 0.215. The Labute approximate surface area is 116 Å². The molecule has 4 nitrogen and oxygen atoms in total. The number of hydrogen-bond acceptors (Lipinski definition) is 3. The Hall–Kier alpha value is -1.17. The molecule has 0 saturated carbocycles. The topological polar surface area (TPSA) is 50.4 Å². The summed E-state index contributed by atoms with van der Waals surface area (Å²) in [7, 11) is 0. The largest absolute Gasteiger partial charge is 0.379 e. The minimum atomic E-state index is -0.514. The van der Waals surface area contributed by atoms with Crippen LogP contribution in [0.1, 0.15) is 16.8 Å².